The minimum absolute atomic E-state index is 0. The summed E-state index contributed by atoms with van der Waals surface area (Å²) >= 11 is 0. The van der Waals surface area contributed by atoms with Gasteiger partial charge >= 0.3 is 0 Å². The van der Waals surface area contributed by atoms with E-state index in [9.17, 15) is 0 Å². The maximum atomic E-state index is 3.65. The monoisotopic (exact) mass is 447 g/mol. The van der Waals surface area contributed by atoms with Crippen LogP contribution in [-0.2, 0) is 39.8 Å². The zero-order valence-electron chi connectivity index (χ0n) is 16.6. The molecular weight excluding hydrogens is 427 g/mol. The van der Waals surface area contributed by atoms with Crippen molar-refractivity contribution in [1.29, 1.82) is 0 Å². The fraction of sp³-hybridized carbons (Fsp3) is 0.0741. The zero-order chi connectivity index (χ0) is 19.1. The summed E-state index contributed by atoms with van der Waals surface area (Å²) in [5.74, 6) is 0. The molecule has 0 saturated heterocycles. The molecule has 0 unspecified atom stereocenters. The van der Waals surface area contributed by atoms with Gasteiger partial charge in [0.15, 0.2) is 11.9 Å². The van der Waals surface area contributed by atoms with E-state index in [1.807, 2.05) is 6.07 Å². The van der Waals surface area contributed by atoms with E-state index in [0.29, 0.717) is 0 Å². The Labute approximate surface area is 196 Å². The summed E-state index contributed by atoms with van der Waals surface area (Å²) in [5.41, 5.74) is 5.83. The predicted octanol–water partition coefficient (Wildman–Crippen LogP) is 6.06. The Morgan fingerprint density at radius 3 is 2.24 bits per heavy atom. The third-order valence-electron chi connectivity index (χ3n) is 5.43. The molecule has 1 nitrogen and oxygen atoms in total. The van der Waals surface area contributed by atoms with Crippen LogP contribution in [-0.4, -0.2) is 0 Å². The van der Waals surface area contributed by atoms with Crippen LogP contribution in [0.25, 0.3) is 43.9 Å². The summed E-state index contributed by atoms with van der Waals surface area (Å²) in [6, 6.07) is 34.8. The number of hydrogen-bond acceptors (Lipinski definition) is 0. The summed E-state index contributed by atoms with van der Waals surface area (Å²) in [5, 5.41) is 4.86. The third kappa shape index (κ3) is 3.54. The average Bonchev–Trinajstić information content (AvgIpc) is 2.74. The minimum Gasteiger partial charge on any atom is -0.209 e. The predicted molar refractivity (Wildman–Crippen MR) is 116 cm³/mol. The van der Waals surface area contributed by atoms with Crippen LogP contribution in [0.3, 0.4) is 0 Å². The fourth-order valence-electron chi connectivity index (χ4n) is 4.00. The summed E-state index contributed by atoms with van der Waals surface area (Å²) < 4.78 is 2.15. The van der Waals surface area contributed by atoms with Crippen molar-refractivity contribution in [2.75, 3.05) is 0 Å². The molecule has 0 aliphatic rings. The standard InChI is InChI=1S/C27H20N.Y/c1-19-17-21(14-15-22(19)27-13-7-8-16-28(27)2)26-18-20-9-3-4-10-23(20)24-11-5-6-12-25(24)26;/h3-13,15-17H,1-2H3;/q-1;. The summed E-state index contributed by atoms with van der Waals surface area (Å²) in [7, 11) is 2.08. The second kappa shape index (κ2) is 8.18. The van der Waals surface area contributed by atoms with Gasteiger partial charge in [0.25, 0.3) is 0 Å². The quantitative estimate of drug-likeness (QED) is 0.176. The number of rotatable bonds is 2. The van der Waals surface area contributed by atoms with E-state index in [2.05, 4.69) is 110 Å². The molecule has 1 heterocycles. The van der Waals surface area contributed by atoms with Crippen molar-refractivity contribution in [3.8, 4) is 22.4 Å². The first-order valence-corrected chi connectivity index (χ1v) is 9.53. The van der Waals surface area contributed by atoms with Crippen LogP contribution >= 0.6 is 0 Å². The molecule has 0 aliphatic heterocycles. The van der Waals surface area contributed by atoms with Gasteiger partial charge in [-0.15, -0.1) is 28.5 Å². The Kier molecular flexibility index (Phi) is 5.63. The van der Waals surface area contributed by atoms with Gasteiger partial charge in [0, 0.05) is 44.8 Å². The Bertz CT molecular complexity index is 1340. The van der Waals surface area contributed by atoms with Crippen LogP contribution in [0.1, 0.15) is 5.56 Å². The van der Waals surface area contributed by atoms with E-state index in [0.717, 1.165) is 16.5 Å². The van der Waals surface area contributed by atoms with E-state index < -0.39 is 0 Å². The molecule has 0 fully saturated rings. The Morgan fingerprint density at radius 2 is 1.48 bits per heavy atom. The normalized spacial score (nSPS) is 10.8. The third-order valence-corrected chi connectivity index (χ3v) is 5.43. The van der Waals surface area contributed by atoms with Crippen molar-refractivity contribution in [2.45, 2.75) is 6.92 Å². The Hall–Kier alpha value is -2.35. The van der Waals surface area contributed by atoms with Crippen molar-refractivity contribution in [3.63, 3.8) is 0 Å². The van der Waals surface area contributed by atoms with E-state index in [-0.39, 0.29) is 32.7 Å². The van der Waals surface area contributed by atoms with Crippen molar-refractivity contribution in [3.05, 3.63) is 103 Å². The number of fused-ring (bicyclic) bond motifs is 3. The molecule has 0 amide bonds. The molecule has 4 aromatic carbocycles. The molecule has 0 N–H and O–H groups in total. The van der Waals surface area contributed by atoms with Crippen molar-refractivity contribution in [1.82, 2.24) is 0 Å². The van der Waals surface area contributed by atoms with Crippen LogP contribution < -0.4 is 4.57 Å². The number of hydrogen-bond donors (Lipinski definition) is 0. The second-order valence-corrected chi connectivity index (χ2v) is 7.23. The van der Waals surface area contributed by atoms with E-state index in [1.165, 1.54) is 33.0 Å². The van der Waals surface area contributed by atoms with Gasteiger partial charge < -0.3 is 0 Å². The summed E-state index contributed by atoms with van der Waals surface area (Å²) in [6.07, 6.45) is 2.08. The van der Waals surface area contributed by atoms with Crippen molar-refractivity contribution in [2.24, 2.45) is 7.05 Å². The number of pyridine rings is 1. The molecule has 137 valence electrons. The first kappa shape index (κ1) is 19.9. The molecule has 29 heavy (non-hydrogen) atoms. The topological polar surface area (TPSA) is 3.88 Å². The molecule has 0 saturated carbocycles. The molecule has 0 atom stereocenters. The fourth-order valence-corrected chi connectivity index (χ4v) is 4.00. The van der Waals surface area contributed by atoms with Gasteiger partial charge in [-0.2, -0.15) is 23.8 Å². The van der Waals surface area contributed by atoms with E-state index >= 15 is 0 Å². The van der Waals surface area contributed by atoms with Gasteiger partial charge in [-0.1, -0.05) is 66.2 Å². The SMILES string of the molecule is Cc1cc(-c2[c-]c3ccccc3c3ccccc23)[c-]cc1-c1cccc[n+]1C.[Y]. The van der Waals surface area contributed by atoms with Crippen LogP contribution in [0.2, 0.25) is 0 Å². The summed E-state index contributed by atoms with van der Waals surface area (Å²) in [6.45, 7) is 2.17. The number of benzene rings is 4. The van der Waals surface area contributed by atoms with Gasteiger partial charge in [0.05, 0.1) is 0 Å². The molecule has 2 heteroatoms. The molecule has 0 aliphatic carbocycles. The van der Waals surface area contributed by atoms with E-state index in [4.69, 9.17) is 0 Å². The average molecular weight is 447 g/mol. The summed E-state index contributed by atoms with van der Waals surface area (Å²) in [4.78, 5) is 0. The van der Waals surface area contributed by atoms with Crippen LogP contribution in [0, 0.1) is 19.1 Å². The Morgan fingerprint density at radius 1 is 0.793 bits per heavy atom. The molecule has 5 aromatic rings. The minimum atomic E-state index is 0. The van der Waals surface area contributed by atoms with Crippen LogP contribution in [0.5, 0.6) is 0 Å². The van der Waals surface area contributed by atoms with Crippen molar-refractivity contribution < 1.29 is 37.3 Å². The van der Waals surface area contributed by atoms with Gasteiger partial charge in [-0.05, 0) is 5.56 Å². The first-order chi connectivity index (χ1) is 13.7. The maximum Gasteiger partial charge on any atom is 0.171 e. The molecular formula is C27H20NY-. The first-order valence-electron chi connectivity index (χ1n) is 9.53. The molecule has 1 aromatic heterocycles. The smallest absolute Gasteiger partial charge is 0.171 e. The number of aromatic nitrogens is 1. The van der Waals surface area contributed by atoms with Crippen LogP contribution in [0.4, 0.5) is 0 Å². The van der Waals surface area contributed by atoms with Gasteiger partial charge in [0.1, 0.15) is 7.05 Å². The maximum absolute atomic E-state index is 3.65. The van der Waals surface area contributed by atoms with E-state index in [1.54, 1.807) is 0 Å². The molecule has 5 rings (SSSR count). The second-order valence-electron chi connectivity index (χ2n) is 7.23. The van der Waals surface area contributed by atoms with Gasteiger partial charge in [-0.3, -0.25) is 0 Å². The molecule has 0 spiro atoms. The number of nitrogens with zero attached hydrogens (tertiary/aromatic N) is 1. The largest absolute Gasteiger partial charge is 0.209 e. The Balaban J connectivity index is 0.00000205. The van der Waals surface area contributed by atoms with Crippen LogP contribution in [0.15, 0.2) is 85.1 Å². The van der Waals surface area contributed by atoms with Gasteiger partial charge in [-0.25, -0.2) is 10.1 Å². The molecule has 0 bridgehead atoms. The van der Waals surface area contributed by atoms with Crippen molar-refractivity contribution >= 4 is 21.5 Å². The number of aryl methyl sites for hydroxylation is 2. The molecule has 1 radical (unpaired) electrons. The zero-order valence-corrected chi connectivity index (χ0v) is 19.4. The van der Waals surface area contributed by atoms with Gasteiger partial charge in [0.2, 0.25) is 0 Å².